The van der Waals surface area contributed by atoms with Crippen LogP contribution >= 0.6 is 0 Å². The Morgan fingerprint density at radius 3 is 1.97 bits per heavy atom. The summed E-state index contributed by atoms with van der Waals surface area (Å²) >= 11 is 0. The zero-order valence-corrected chi connectivity index (χ0v) is 16.8. The predicted octanol–water partition coefficient (Wildman–Crippen LogP) is 3.84. The van der Waals surface area contributed by atoms with Gasteiger partial charge in [0, 0.05) is 30.7 Å². The molecular weight excluding hydrogens is 446 g/mol. The number of aromatic nitrogens is 5. The van der Waals surface area contributed by atoms with E-state index in [4.69, 9.17) is 0 Å². The van der Waals surface area contributed by atoms with E-state index in [0.29, 0.717) is 22.0 Å². The molecular formula is C20H15F4N7O2. The molecule has 4 rings (SSSR count). The molecule has 0 radical (unpaired) electrons. The minimum Gasteiger partial charge on any atom is -0.321 e. The van der Waals surface area contributed by atoms with Crippen LogP contribution in [0.15, 0.2) is 48.7 Å². The molecule has 4 aromatic rings. The normalized spacial score (nSPS) is 11.4. The van der Waals surface area contributed by atoms with Crippen molar-refractivity contribution in [1.82, 2.24) is 24.4 Å². The standard InChI is InChI=1S/C20H15F4N7O2/c1-30-7-6-12(28-30)19(32)25-10-2-4-11(5-3-10)26-20(33)14-9-16-27-13(17(21)22)8-15(18(23)24)31(16)29-14/h2-9,17-18H,1H3,(H,25,32)(H,26,33). The molecule has 0 saturated carbocycles. The fourth-order valence-electron chi connectivity index (χ4n) is 2.96. The third-order valence-corrected chi connectivity index (χ3v) is 4.50. The van der Waals surface area contributed by atoms with Gasteiger partial charge in [0.25, 0.3) is 24.7 Å². The number of carbonyl (C=O) groups excluding carboxylic acids is 2. The first kappa shape index (κ1) is 21.9. The van der Waals surface area contributed by atoms with Gasteiger partial charge in [0.05, 0.1) is 0 Å². The van der Waals surface area contributed by atoms with Crippen LogP contribution in [-0.4, -0.2) is 36.2 Å². The van der Waals surface area contributed by atoms with Gasteiger partial charge in [-0.25, -0.2) is 27.1 Å². The van der Waals surface area contributed by atoms with E-state index >= 15 is 0 Å². The summed E-state index contributed by atoms with van der Waals surface area (Å²) in [5, 5.41) is 12.9. The van der Waals surface area contributed by atoms with Crippen LogP contribution in [0, 0.1) is 0 Å². The Morgan fingerprint density at radius 2 is 1.45 bits per heavy atom. The van der Waals surface area contributed by atoms with Gasteiger partial charge in [0.15, 0.2) is 17.0 Å². The topological polar surface area (TPSA) is 106 Å². The highest BCUT2D eigenvalue weighted by Crippen LogP contribution is 2.25. The maximum absolute atomic E-state index is 13.3. The molecule has 0 saturated heterocycles. The maximum atomic E-state index is 13.3. The number of nitrogens with one attached hydrogen (secondary N) is 2. The Hall–Kier alpha value is -4.29. The summed E-state index contributed by atoms with van der Waals surface area (Å²) in [6, 6.07) is 9.21. The second-order valence-corrected chi connectivity index (χ2v) is 6.87. The van der Waals surface area contributed by atoms with Crippen molar-refractivity contribution in [2.24, 2.45) is 7.05 Å². The number of rotatable bonds is 6. The maximum Gasteiger partial charge on any atom is 0.280 e. The summed E-state index contributed by atoms with van der Waals surface area (Å²) < 4.78 is 54.6. The van der Waals surface area contributed by atoms with E-state index in [1.54, 1.807) is 19.3 Å². The van der Waals surface area contributed by atoms with Crippen molar-refractivity contribution in [2.45, 2.75) is 12.9 Å². The van der Waals surface area contributed by atoms with Gasteiger partial charge in [-0.1, -0.05) is 0 Å². The summed E-state index contributed by atoms with van der Waals surface area (Å²) in [5.74, 6) is -1.17. The first-order chi connectivity index (χ1) is 15.7. The molecule has 33 heavy (non-hydrogen) atoms. The van der Waals surface area contributed by atoms with Crippen molar-refractivity contribution in [3.05, 3.63) is 71.4 Å². The molecule has 0 spiro atoms. The number of benzene rings is 1. The van der Waals surface area contributed by atoms with E-state index in [2.05, 4.69) is 25.8 Å². The number of aryl methyl sites for hydroxylation is 1. The first-order valence-corrected chi connectivity index (χ1v) is 9.40. The molecule has 3 heterocycles. The zero-order chi connectivity index (χ0) is 23.7. The fraction of sp³-hybridized carbons (Fsp3) is 0.150. The number of amides is 2. The lowest BCUT2D eigenvalue weighted by molar-refractivity contribution is 0.101. The third-order valence-electron chi connectivity index (χ3n) is 4.50. The van der Waals surface area contributed by atoms with E-state index in [9.17, 15) is 27.2 Å². The summed E-state index contributed by atoms with van der Waals surface area (Å²) in [5.41, 5.74) is -1.24. The minimum absolute atomic E-state index is 0.230. The Kier molecular flexibility index (Phi) is 5.77. The largest absolute Gasteiger partial charge is 0.321 e. The Bertz CT molecular complexity index is 1330. The number of nitrogens with zero attached hydrogens (tertiary/aromatic N) is 5. The van der Waals surface area contributed by atoms with Crippen LogP contribution in [0.25, 0.3) is 5.65 Å². The van der Waals surface area contributed by atoms with Gasteiger partial charge in [-0.2, -0.15) is 10.2 Å². The first-order valence-electron chi connectivity index (χ1n) is 9.40. The van der Waals surface area contributed by atoms with Gasteiger partial charge >= 0.3 is 0 Å². The summed E-state index contributed by atoms with van der Waals surface area (Å²) in [6.45, 7) is 0. The minimum atomic E-state index is -3.10. The van der Waals surface area contributed by atoms with Crippen molar-refractivity contribution in [3.63, 3.8) is 0 Å². The smallest absolute Gasteiger partial charge is 0.280 e. The average Bonchev–Trinajstić information content (AvgIpc) is 3.40. The van der Waals surface area contributed by atoms with Crippen molar-refractivity contribution < 1.29 is 27.2 Å². The van der Waals surface area contributed by atoms with Crippen LogP contribution in [0.3, 0.4) is 0 Å². The lowest BCUT2D eigenvalue weighted by atomic mass is 10.2. The quantitative estimate of drug-likeness (QED) is 0.425. The van der Waals surface area contributed by atoms with E-state index in [-0.39, 0.29) is 17.0 Å². The lowest BCUT2D eigenvalue weighted by Gasteiger charge is -2.07. The van der Waals surface area contributed by atoms with Gasteiger partial charge in [-0.3, -0.25) is 14.3 Å². The van der Waals surface area contributed by atoms with E-state index in [1.165, 1.54) is 28.9 Å². The monoisotopic (exact) mass is 461 g/mol. The van der Waals surface area contributed by atoms with Crippen LogP contribution in [-0.2, 0) is 7.05 Å². The van der Waals surface area contributed by atoms with E-state index in [0.717, 1.165) is 6.07 Å². The highest BCUT2D eigenvalue weighted by Gasteiger charge is 2.22. The number of carbonyl (C=O) groups is 2. The van der Waals surface area contributed by atoms with Crippen LogP contribution < -0.4 is 10.6 Å². The number of fused-ring (bicyclic) bond motifs is 1. The highest BCUT2D eigenvalue weighted by atomic mass is 19.3. The Balaban J connectivity index is 1.50. The SMILES string of the molecule is Cn1ccc(C(=O)Nc2ccc(NC(=O)c3cc4nc(C(F)F)cc(C(F)F)n4n3)cc2)n1. The lowest BCUT2D eigenvalue weighted by Crippen LogP contribution is -2.14. The second kappa shape index (κ2) is 8.68. The molecule has 3 aromatic heterocycles. The highest BCUT2D eigenvalue weighted by molar-refractivity contribution is 6.04. The van der Waals surface area contributed by atoms with Crippen molar-refractivity contribution in [2.75, 3.05) is 10.6 Å². The Morgan fingerprint density at radius 1 is 0.848 bits per heavy atom. The molecule has 0 aliphatic rings. The number of halogens is 4. The van der Waals surface area contributed by atoms with Crippen LogP contribution in [0.2, 0.25) is 0 Å². The molecule has 1 aromatic carbocycles. The van der Waals surface area contributed by atoms with Crippen LogP contribution in [0.1, 0.15) is 45.2 Å². The summed E-state index contributed by atoms with van der Waals surface area (Å²) in [6.07, 6.45) is -4.53. The molecule has 9 nitrogen and oxygen atoms in total. The molecule has 0 aliphatic heterocycles. The van der Waals surface area contributed by atoms with Crippen LogP contribution in [0.4, 0.5) is 28.9 Å². The molecule has 0 unspecified atom stereocenters. The van der Waals surface area contributed by atoms with Crippen molar-refractivity contribution in [1.29, 1.82) is 0 Å². The predicted molar refractivity (Wildman–Crippen MR) is 108 cm³/mol. The summed E-state index contributed by atoms with van der Waals surface area (Å²) in [4.78, 5) is 28.2. The Labute approximate surface area is 183 Å². The molecule has 0 bridgehead atoms. The molecule has 13 heteroatoms. The number of hydrogen-bond donors (Lipinski definition) is 2. The zero-order valence-electron chi connectivity index (χ0n) is 16.8. The van der Waals surface area contributed by atoms with Crippen LogP contribution in [0.5, 0.6) is 0 Å². The van der Waals surface area contributed by atoms with Crippen molar-refractivity contribution >= 4 is 28.8 Å². The molecule has 2 N–H and O–H groups in total. The number of alkyl halides is 4. The average molecular weight is 461 g/mol. The third kappa shape index (κ3) is 4.66. The van der Waals surface area contributed by atoms with Gasteiger partial charge in [0.2, 0.25) is 0 Å². The second-order valence-electron chi connectivity index (χ2n) is 6.87. The van der Waals surface area contributed by atoms with Gasteiger partial charge < -0.3 is 10.6 Å². The van der Waals surface area contributed by atoms with Gasteiger partial charge in [-0.05, 0) is 36.4 Å². The van der Waals surface area contributed by atoms with Gasteiger partial charge in [-0.15, -0.1) is 0 Å². The van der Waals surface area contributed by atoms with Gasteiger partial charge in [0.1, 0.15) is 11.4 Å². The molecule has 0 aliphatic carbocycles. The van der Waals surface area contributed by atoms with E-state index < -0.39 is 36.1 Å². The fourth-order valence-corrected chi connectivity index (χ4v) is 2.96. The number of anilines is 2. The summed E-state index contributed by atoms with van der Waals surface area (Å²) in [7, 11) is 1.68. The molecule has 0 atom stereocenters. The van der Waals surface area contributed by atoms with E-state index in [1.807, 2.05) is 0 Å². The molecule has 0 fully saturated rings. The molecule has 170 valence electrons. The number of hydrogen-bond acceptors (Lipinski definition) is 5. The molecule has 2 amide bonds. The van der Waals surface area contributed by atoms with Crippen molar-refractivity contribution in [3.8, 4) is 0 Å².